The van der Waals surface area contributed by atoms with Crippen molar-refractivity contribution in [2.24, 2.45) is 0 Å². The molecule has 0 fully saturated rings. The molecule has 0 atom stereocenters. The van der Waals surface area contributed by atoms with Gasteiger partial charge in [-0.05, 0) is 32.0 Å². The lowest BCUT2D eigenvalue weighted by Crippen LogP contribution is -2.31. The monoisotopic (exact) mass is 304 g/mol. The van der Waals surface area contributed by atoms with Crippen LogP contribution in [0.3, 0.4) is 0 Å². The summed E-state index contributed by atoms with van der Waals surface area (Å²) in [7, 11) is -4.02. The number of benzene rings is 1. The number of aliphatic hydroxyl groups is 1. The van der Waals surface area contributed by atoms with Crippen molar-refractivity contribution in [2.75, 3.05) is 13.2 Å². The molecule has 1 aromatic rings. The Balaban J connectivity index is 3.12. The van der Waals surface area contributed by atoms with Crippen molar-refractivity contribution in [3.05, 3.63) is 29.6 Å². The van der Waals surface area contributed by atoms with Gasteiger partial charge in [0, 0.05) is 18.2 Å². The second kappa shape index (κ2) is 6.78. The normalized spacial score (nSPS) is 11.7. The highest BCUT2D eigenvalue weighted by Gasteiger charge is 2.21. The highest BCUT2D eigenvalue weighted by atomic mass is 32.2. The average molecular weight is 304 g/mol. The Hall–Kier alpha value is -1.51. The van der Waals surface area contributed by atoms with Crippen LogP contribution < -0.4 is 10.0 Å². The zero-order chi connectivity index (χ0) is 15.3. The number of amides is 1. The predicted molar refractivity (Wildman–Crippen MR) is 71.3 cm³/mol. The van der Waals surface area contributed by atoms with Crippen LogP contribution in [-0.2, 0) is 10.0 Å². The third-order valence-corrected chi connectivity index (χ3v) is 3.94. The van der Waals surface area contributed by atoms with Crippen LogP contribution in [0.4, 0.5) is 4.39 Å². The molecule has 0 aliphatic heterocycles. The van der Waals surface area contributed by atoms with E-state index in [-0.39, 0.29) is 18.7 Å². The molecule has 112 valence electrons. The highest BCUT2D eigenvalue weighted by molar-refractivity contribution is 7.89. The fourth-order valence-corrected chi connectivity index (χ4v) is 2.85. The third-order valence-electron chi connectivity index (χ3n) is 2.27. The lowest BCUT2D eigenvalue weighted by atomic mass is 10.2. The van der Waals surface area contributed by atoms with Gasteiger partial charge < -0.3 is 10.4 Å². The quantitative estimate of drug-likeness (QED) is 0.701. The molecular formula is C12H17FN2O4S. The van der Waals surface area contributed by atoms with Crippen molar-refractivity contribution in [1.29, 1.82) is 0 Å². The standard InChI is InChI=1S/C12H17FN2O4S/c1-8(2)15-20(18,19)11-7-9(3-4-10(11)13)12(17)14-5-6-16/h3-4,7-8,15-16H,5-6H2,1-2H3,(H,14,17). The van der Waals surface area contributed by atoms with E-state index in [4.69, 9.17) is 5.11 Å². The number of carbonyl (C=O) groups excluding carboxylic acids is 1. The highest BCUT2D eigenvalue weighted by Crippen LogP contribution is 2.16. The summed E-state index contributed by atoms with van der Waals surface area (Å²) in [5, 5.41) is 11.0. The largest absolute Gasteiger partial charge is 0.395 e. The summed E-state index contributed by atoms with van der Waals surface area (Å²) < 4.78 is 39.7. The molecule has 6 nitrogen and oxygen atoms in total. The van der Waals surface area contributed by atoms with Crippen molar-refractivity contribution in [1.82, 2.24) is 10.0 Å². The zero-order valence-electron chi connectivity index (χ0n) is 11.2. The molecule has 0 heterocycles. The van der Waals surface area contributed by atoms with Gasteiger partial charge in [-0.3, -0.25) is 4.79 Å². The first-order chi connectivity index (χ1) is 9.27. The van der Waals surface area contributed by atoms with Gasteiger partial charge >= 0.3 is 0 Å². The van der Waals surface area contributed by atoms with Crippen LogP contribution in [-0.4, -0.2) is 38.6 Å². The van der Waals surface area contributed by atoms with E-state index < -0.39 is 32.7 Å². The fraction of sp³-hybridized carbons (Fsp3) is 0.417. The molecule has 0 radical (unpaired) electrons. The summed E-state index contributed by atoms with van der Waals surface area (Å²) in [5.74, 6) is -1.52. The topological polar surface area (TPSA) is 95.5 Å². The van der Waals surface area contributed by atoms with E-state index >= 15 is 0 Å². The molecule has 0 spiro atoms. The number of aliphatic hydroxyl groups excluding tert-OH is 1. The molecule has 0 unspecified atom stereocenters. The minimum Gasteiger partial charge on any atom is -0.395 e. The molecule has 0 aliphatic rings. The molecule has 0 saturated heterocycles. The lowest BCUT2D eigenvalue weighted by Gasteiger charge is -2.11. The number of hydrogen-bond acceptors (Lipinski definition) is 4. The second-order valence-corrected chi connectivity index (χ2v) is 6.08. The Labute approximate surface area is 117 Å². The molecule has 8 heteroatoms. The minimum absolute atomic E-state index is 0.00369. The minimum atomic E-state index is -4.02. The molecule has 0 saturated carbocycles. The number of sulfonamides is 1. The van der Waals surface area contributed by atoms with Crippen molar-refractivity contribution in [2.45, 2.75) is 24.8 Å². The maximum atomic E-state index is 13.6. The van der Waals surface area contributed by atoms with Gasteiger partial charge in [0.1, 0.15) is 10.7 Å². The predicted octanol–water partition coefficient (Wildman–Crippen LogP) is 0.235. The van der Waals surface area contributed by atoms with E-state index in [0.29, 0.717) is 0 Å². The van der Waals surface area contributed by atoms with Gasteiger partial charge in [-0.25, -0.2) is 17.5 Å². The Morgan fingerprint density at radius 1 is 1.40 bits per heavy atom. The summed E-state index contributed by atoms with van der Waals surface area (Å²) in [5.41, 5.74) is 0.00369. The number of nitrogens with one attached hydrogen (secondary N) is 2. The van der Waals surface area contributed by atoms with Crippen LogP contribution in [0.5, 0.6) is 0 Å². The first-order valence-corrected chi connectivity index (χ1v) is 7.47. The SMILES string of the molecule is CC(C)NS(=O)(=O)c1cc(C(=O)NCCO)ccc1F. The Morgan fingerprint density at radius 2 is 2.05 bits per heavy atom. The average Bonchev–Trinajstić information content (AvgIpc) is 2.34. The number of rotatable bonds is 6. The molecule has 0 aliphatic carbocycles. The Kier molecular flexibility index (Phi) is 5.61. The van der Waals surface area contributed by atoms with Gasteiger partial charge in [-0.1, -0.05) is 0 Å². The van der Waals surface area contributed by atoms with Crippen molar-refractivity contribution >= 4 is 15.9 Å². The second-order valence-electron chi connectivity index (χ2n) is 4.40. The van der Waals surface area contributed by atoms with E-state index in [9.17, 15) is 17.6 Å². The van der Waals surface area contributed by atoms with E-state index in [1.165, 1.54) is 6.07 Å². The van der Waals surface area contributed by atoms with Crippen LogP contribution in [0.15, 0.2) is 23.1 Å². The maximum absolute atomic E-state index is 13.6. The third kappa shape index (κ3) is 4.26. The van der Waals surface area contributed by atoms with Gasteiger partial charge in [-0.15, -0.1) is 0 Å². The smallest absolute Gasteiger partial charge is 0.251 e. The van der Waals surface area contributed by atoms with Gasteiger partial charge in [0.15, 0.2) is 0 Å². The molecule has 0 aromatic heterocycles. The fourth-order valence-electron chi connectivity index (χ4n) is 1.50. The summed E-state index contributed by atoms with van der Waals surface area (Å²) in [6.45, 7) is 3.00. The van der Waals surface area contributed by atoms with Crippen molar-refractivity contribution in [3.8, 4) is 0 Å². The first-order valence-electron chi connectivity index (χ1n) is 5.99. The molecule has 1 aromatic carbocycles. The van der Waals surface area contributed by atoms with Crippen LogP contribution >= 0.6 is 0 Å². The van der Waals surface area contributed by atoms with Crippen LogP contribution in [0, 0.1) is 5.82 Å². The van der Waals surface area contributed by atoms with Gasteiger partial charge in [0.05, 0.1) is 6.61 Å². The summed E-state index contributed by atoms with van der Waals surface area (Å²) in [6.07, 6.45) is 0. The van der Waals surface area contributed by atoms with Crippen LogP contribution in [0.25, 0.3) is 0 Å². The van der Waals surface area contributed by atoms with Crippen molar-refractivity contribution in [3.63, 3.8) is 0 Å². The molecular weight excluding hydrogens is 287 g/mol. The van der Waals surface area contributed by atoms with Gasteiger partial charge in [0.2, 0.25) is 10.0 Å². The van der Waals surface area contributed by atoms with E-state index in [1.807, 2.05) is 0 Å². The number of hydrogen-bond donors (Lipinski definition) is 3. The molecule has 1 rings (SSSR count). The maximum Gasteiger partial charge on any atom is 0.251 e. The zero-order valence-corrected chi connectivity index (χ0v) is 12.0. The summed E-state index contributed by atoms with van der Waals surface area (Å²) in [4.78, 5) is 11.1. The lowest BCUT2D eigenvalue weighted by molar-refractivity contribution is 0.0944. The van der Waals surface area contributed by atoms with Crippen molar-refractivity contribution < 1.29 is 22.7 Å². The van der Waals surface area contributed by atoms with E-state index in [1.54, 1.807) is 13.8 Å². The molecule has 0 bridgehead atoms. The Morgan fingerprint density at radius 3 is 2.60 bits per heavy atom. The van der Waals surface area contributed by atoms with E-state index in [0.717, 1.165) is 12.1 Å². The van der Waals surface area contributed by atoms with Gasteiger partial charge in [-0.2, -0.15) is 0 Å². The van der Waals surface area contributed by atoms with E-state index in [2.05, 4.69) is 10.0 Å². The Bertz CT molecular complexity index is 587. The first kappa shape index (κ1) is 16.5. The molecule has 20 heavy (non-hydrogen) atoms. The summed E-state index contributed by atoms with van der Waals surface area (Å²) >= 11 is 0. The number of halogens is 1. The molecule has 1 amide bonds. The van der Waals surface area contributed by atoms with Crippen LogP contribution in [0.1, 0.15) is 24.2 Å². The molecule has 3 N–H and O–H groups in total. The summed E-state index contributed by atoms with van der Waals surface area (Å²) in [6, 6.07) is 2.66. The van der Waals surface area contributed by atoms with Crippen LogP contribution in [0.2, 0.25) is 0 Å². The van der Waals surface area contributed by atoms with Gasteiger partial charge in [0.25, 0.3) is 5.91 Å². The number of carbonyl (C=O) groups is 1.